The molecule has 0 radical (unpaired) electrons. The Kier molecular flexibility index (Phi) is 5.55. The summed E-state index contributed by atoms with van der Waals surface area (Å²) in [7, 11) is 0. The number of ether oxygens (including phenoxy) is 1. The molecule has 2 aliphatic heterocycles. The van der Waals surface area contributed by atoms with Gasteiger partial charge in [-0.3, -0.25) is 25.0 Å². The molecule has 2 N–H and O–H groups in total. The lowest BCUT2D eigenvalue weighted by atomic mass is 9.71. The molecule has 2 heterocycles. The second-order valence-corrected chi connectivity index (χ2v) is 8.87. The first-order valence-corrected chi connectivity index (χ1v) is 10.4. The molecule has 0 saturated carbocycles. The fraction of sp³-hybridized carbons (Fsp3) is 0.409. The Morgan fingerprint density at radius 1 is 1.12 bits per heavy atom. The predicted molar refractivity (Wildman–Crippen MR) is 117 cm³/mol. The maximum atomic E-state index is 12.6. The van der Waals surface area contributed by atoms with Gasteiger partial charge in [-0.1, -0.05) is 13.8 Å². The highest BCUT2D eigenvalue weighted by Gasteiger charge is 2.47. The molecule has 2 aromatic rings. The second-order valence-electron chi connectivity index (χ2n) is 8.87. The first-order chi connectivity index (χ1) is 15.2. The Bertz CT molecular complexity index is 1070. The molecule has 32 heavy (non-hydrogen) atoms. The van der Waals surface area contributed by atoms with E-state index in [1.807, 2.05) is 13.8 Å². The minimum absolute atomic E-state index is 0.0267. The molecule has 10 heteroatoms. The summed E-state index contributed by atoms with van der Waals surface area (Å²) in [6.07, 6.45) is 0.574. The summed E-state index contributed by atoms with van der Waals surface area (Å²) in [5.74, 6) is -0.199. The van der Waals surface area contributed by atoms with Crippen LogP contribution in [0.4, 0.5) is 17.1 Å². The van der Waals surface area contributed by atoms with Gasteiger partial charge in [0.1, 0.15) is 0 Å². The number of hydrogen-bond donors (Lipinski definition) is 2. The van der Waals surface area contributed by atoms with E-state index in [0.29, 0.717) is 18.7 Å². The molecule has 2 aliphatic rings. The van der Waals surface area contributed by atoms with E-state index < -0.39 is 9.85 Å². The molecule has 10 nitrogen and oxygen atoms in total. The number of nitro groups is 2. The average molecular weight is 440 g/mol. The van der Waals surface area contributed by atoms with E-state index in [2.05, 4.69) is 10.6 Å². The Labute approximate surface area is 184 Å². The molecule has 1 fully saturated rings. The minimum Gasteiger partial charge on any atom is -0.381 e. The summed E-state index contributed by atoms with van der Waals surface area (Å²) in [5.41, 5.74) is 1.55. The Morgan fingerprint density at radius 3 is 2.44 bits per heavy atom. The van der Waals surface area contributed by atoms with Crippen LogP contribution in [0.15, 0.2) is 42.5 Å². The molecule has 4 rings (SSSR count). The zero-order valence-electron chi connectivity index (χ0n) is 17.7. The number of carbonyl (C=O) groups is 1. The van der Waals surface area contributed by atoms with Crippen molar-refractivity contribution in [3.05, 3.63) is 73.8 Å². The number of rotatable bonds is 6. The van der Waals surface area contributed by atoms with Gasteiger partial charge in [-0.25, -0.2) is 0 Å². The first kappa shape index (κ1) is 21.7. The molecular formula is C22H24N4O6. The van der Waals surface area contributed by atoms with Crippen molar-refractivity contribution in [3.8, 4) is 0 Å². The lowest BCUT2D eigenvalue weighted by molar-refractivity contribution is -0.385. The zero-order valence-corrected chi connectivity index (χ0v) is 17.7. The van der Waals surface area contributed by atoms with E-state index in [0.717, 1.165) is 17.7 Å². The van der Waals surface area contributed by atoms with E-state index >= 15 is 0 Å². The third kappa shape index (κ3) is 4.01. The van der Waals surface area contributed by atoms with Crippen LogP contribution in [0.5, 0.6) is 0 Å². The minimum atomic E-state index is -0.508. The van der Waals surface area contributed by atoms with Crippen LogP contribution in [0.1, 0.15) is 42.3 Å². The smallest absolute Gasteiger partial charge is 0.269 e. The molecule has 0 bridgehead atoms. The quantitative estimate of drug-likeness (QED) is 0.514. The monoisotopic (exact) mass is 440 g/mol. The van der Waals surface area contributed by atoms with Crippen LogP contribution in [0, 0.1) is 31.6 Å². The fourth-order valence-corrected chi connectivity index (χ4v) is 4.60. The van der Waals surface area contributed by atoms with Gasteiger partial charge in [0.15, 0.2) is 0 Å². The third-order valence-corrected chi connectivity index (χ3v) is 6.32. The van der Waals surface area contributed by atoms with Crippen LogP contribution < -0.4 is 10.6 Å². The standard InChI is InChI=1S/C22H24N4O6/c1-22(2,12-23-21(27)13-3-5-14(6-4-13)25(28)29)20-16-9-10-32-19(16)17-11-15(26(30)31)7-8-18(17)24-20/h3-8,11,16,19-20,24H,9-10,12H2,1-2H3,(H,23,27). The number of nitro benzene ring substituents is 2. The van der Waals surface area contributed by atoms with Crippen molar-refractivity contribution in [1.82, 2.24) is 5.32 Å². The van der Waals surface area contributed by atoms with E-state index in [4.69, 9.17) is 4.74 Å². The van der Waals surface area contributed by atoms with Gasteiger partial charge in [0.05, 0.1) is 16.0 Å². The molecular weight excluding hydrogens is 416 g/mol. The van der Waals surface area contributed by atoms with Crippen molar-refractivity contribution in [2.45, 2.75) is 32.4 Å². The Balaban J connectivity index is 1.50. The summed E-state index contributed by atoms with van der Waals surface area (Å²) in [6.45, 7) is 5.03. The molecule has 0 aliphatic carbocycles. The Morgan fingerprint density at radius 2 is 1.78 bits per heavy atom. The van der Waals surface area contributed by atoms with E-state index in [1.165, 1.54) is 30.3 Å². The van der Waals surface area contributed by atoms with Crippen LogP contribution in [-0.4, -0.2) is 34.9 Å². The number of amides is 1. The number of benzene rings is 2. The van der Waals surface area contributed by atoms with Gasteiger partial charge in [-0.2, -0.15) is 0 Å². The molecule has 1 saturated heterocycles. The molecule has 3 unspecified atom stereocenters. The maximum absolute atomic E-state index is 12.6. The molecule has 1 amide bonds. The fourth-order valence-electron chi connectivity index (χ4n) is 4.60. The van der Waals surface area contributed by atoms with Crippen molar-refractivity contribution >= 4 is 23.0 Å². The van der Waals surface area contributed by atoms with Gasteiger partial charge in [0, 0.05) is 71.6 Å². The molecule has 3 atom stereocenters. The largest absolute Gasteiger partial charge is 0.381 e. The SMILES string of the molecule is CC(C)(CNC(=O)c1ccc([N+](=O)[O-])cc1)C1Nc2ccc([N+](=O)[O-])cc2C2OCCC21. The maximum Gasteiger partial charge on any atom is 0.269 e. The van der Waals surface area contributed by atoms with E-state index in [9.17, 15) is 25.0 Å². The summed E-state index contributed by atoms with van der Waals surface area (Å²) >= 11 is 0. The number of anilines is 1. The number of carbonyl (C=O) groups excluding carboxylic acids is 1. The molecule has 0 spiro atoms. The normalized spacial score (nSPS) is 21.8. The highest BCUT2D eigenvalue weighted by Crippen LogP contribution is 2.49. The van der Waals surface area contributed by atoms with Crippen LogP contribution in [0.3, 0.4) is 0 Å². The van der Waals surface area contributed by atoms with Gasteiger partial charge in [-0.05, 0) is 24.6 Å². The van der Waals surface area contributed by atoms with Gasteiger partial charge in [0.2, 0.25) is 0 Å². The van der Waals surface area contributed by atoms with Crippen molar-refractivity contribution in [3.63, 3.8) is 0 Å². The summed E-state index contributed by atoms with van der Waals surface area (Å²) in [4.78, 5) is 33.7. The van der Waals surface area contributed by atoms with Crippen LogP contribution >= 0.6 is 0 Å². The van der Waals surface area contributed by atoms with Gasteiger partial charge in [-0.15, -0.1) is 0 Å². The van der Waals surface area contributed by atoms with Crippen molar-refractivity contribution in [2.75, 3.05) is 18.5 Å². The van der Waals surface area contributed by atoms with Crippen LogP contribution in [0.25, 0.3) is 0 Å². The van der Waals surface area contributed by atoms with E-state index in [-0.39, 0.29) is 40.8 Å². The molecule has 168 valence electrons. The van der Waals surface area contributed by atoms with Crippen molar-refractivity contribution < 1.29 is 19.4 Å². The number of nitrogens with zero attached hydrogens (tertiary/aromatic N) is 2. The zero-order chi connectivity index (χ0) is 23.0. The summed E-state index contributed by atoms with van der Waals surface area (Å²) < 4.78 is 5.96. The van der Waals surface area contributed by atoms with Gasteiger partial charge >= 0.3 is 0 Å². The third-order valence-electron chi connectivity index (χ3n) is 6.32. The molecule has 0 aromatic heterocycles. The molecule has 2 aromatic carbocycles. The van der Waals surface area contributed by atoms with E-state index in [1.54, 1.807) is 12.1 Å². The second kappa shape index (κ2) is 8.19. The number of fused-ring (bicyclic) bond motifs is 3. The lowest BCUT2D eigenvalue weighted by Crippen LogP contribution is -2.51. The summed E-state index contributed by atoms with van der Waals surface area (Å²) in [6, 6.07) is 10.2. The van der Waals surface area contributed by atoms with Gasteiger partial charge in [0.25, 0.3) is 17.3 Å². The van der Waals surface area contributed by atoms with Crippen LogP contribution in [-0.2, 0) is 4.74 Å². The number of nitrogens with one attached hydrogen (secondary N) is 2. The Hall–Kier alpha value is -3.53. The van der Waals surface area contributed by atoms with Crippen LogP contribution in [0.2, 0.25) is 0 Å². The lowest BCUT2D eigenvalue weighted by Gasteiger charge is -2.44. The predicted octanol–water partition coefficient (Wildman–Crippen LogP) is 3.83. The van der Waals surface area contributed by atoms with Gasteiger partial charge < -0.3 is 15.4 Å². The number of hydrogen-bond acceptors (Lipinski definition) is 7. The van der Waals surface area contributed by atoms with Crippen molar-refractivity contribution in [1.29, 1.82) is 0 Å². The average Bonchev–Trinajstić information content (AvgIpc) is 3.26. The number of non-ortho nitro benzene ring substituents is 2. The first-order valence-electron chi connectivity index (χ1n) is 10.4. The summed E-state index contributed by atoms with van der Waals surface area (Å²) in [5, 5.41) is 28.5. The topological polar surface area (TPSA) is 137 Å². The highest BCUT2D eigenvalue weighted by atomic mass is 16.6. The highest BCUT2D eigenvalue weighted by molar-refractivity contribution is 5.94. The van der Waals surface area contributed by atoms with Crippen molar-refractivity contribution in [2.24, 2.45) is 11.3 Å².